The highest BCUT2D eigenvalue weighted by Crippen LogP contribution is 2.63. The maximum absolute atomic E-state index is 2.82. The summed E-state index contributed by atoms with van der Waals surface area (Å²) in [5, 5.41) is 8.29. The summed E-state index contributed by atoms with van der Waals surface area (Å²) in [4.78, 5) is 2.70. The Labute approximate surface area is 333 Å². The molecule has 4 aromatic heterocycles. The molecule has 7 heteroatoms. The summed E-state index contributed by atoms with van der Waals surface area (Å²) in [6.45, 7) is 20.0. The van der Waals surface area contributed by atoms with Crippen LogP contribution in [0.25, 0.3) is 66.5 Å². The molecule has 14 rings (SSSR count). The van der Waals surface area contributed by atoms with E-state index in [1.54, 1.807) is 0 Å². The van der Waals surface area contributed by atoms with Crippen LogP contribution in [0.1, 0.15) is 36.1 Å². The number of hydrogen-bond donors (Lipinski definition) is 0. The summed E-state index contributed by atoms with van der Waals surface area (Å²) in [5.74, 6) is 2.56. The molecule has 274 valence electrons. The summed E-state index contributed by atoms with van der Waals surface area (Å²) in [5.41, 5.74) is 16.5. The Morgan fingerprint density at radius 1 is 0.491 bits per heavy atom. The van der Waals surface area contributed by atoms with Crippen LogP contribution in [0.3, 0.4) is 0 Å². The number of para-hydroxylation sites is 3. The highest BCUT2D eigenvalue weighted by Gasteiger charge is 2.71. The molecular weight excluding hydrogens is 727 g/mol. The number of benzene rings is 5. The number of fused-ring (bicyclic) bond motifs is 12. The van der Waals surface area contributed by atoms with Crippen molar-refractivity contribution >= 4 is 87.3 Å². The van der Waals surface area contributed by atoms with E-state index in [4.69, 9.17) is 0 Å². The molecular formula is C50H43N5Si2+2. The van der Waals surface area contributed by atoms with Gasteiger partial charge in [0, 0.05) is 50.2 Å². The lowest BCUT2D eigenvalue weighted by atomic mass is 9.69. The molecule has 1 spiro atoms. The first-order valence-corrected chi connectivity index (χ1v) is 27.6. The average Bonchev–Trinajstić information content (AvgIpc) is 3.81. The lowest BCUT2D eigenvalue weighted by Crippen LogP contribution is -2.76. The van der Waals surface area contributed by atoms with Crippen LogP contribution in [0.15, 0.2) is 115 Å². The summed E-state index contributed by atoms with van der Waals surface area (Å²) in [6, 6.07) is 45.5. The first-order valence-electron chi connectivity index (χ1n) is 20.6. The highest BCUT2D eigenvalue weighted by molar-refractivity contribution is 6.89. The minimum absolute atomic E-state index is 0.235. The van der Waals surface area contributed by atoms with Gasteiger partial charge in [-0.2, -0.15) is 18.6 Å². The molecule has 9 heterocycles. The summed E-state index contributed by atoms with van der Waals surface area (Å²) < 4.78 is 10.9. The molecule has 0 radical (unpaired) electrons. The second kappa shape index (κ2) is 9.17. The number of aromatic nitrogens is 4. The SMILES string of the molecule is CC1(C)c2ccccc2N2c3c1cc1c4ccccc4n4c1c3C13c5c-4ccc4c6ccccc6n(c54)-c4cc([Si](C)(C)C)cc([n+]41)-c1cc([Si](C)(C)C)cc2[n+]13. The molecule has 0 saturated heterocycles. The lowest BCUT2D eigenvalue weighted by molar-refractivity contribution is -0.931. The number of anilines is 3. The fourth-order valence-corrected chi connectivity index (χ4v) is 14.3. The standard InChI is InChI=1S/C50H43N5Si2/c1-49(2)34-17-11-14-20-38(34)53-43-26-29(57(6,7)8)24-41-40-23-28(56(3,4)5)25-42-52-37-19-13-9-15-30(37)32-21-22-39-44(46(32)52)50(54(40)42,55(41)43)45-47-33(27-35(49)48(45)53)31-16-10-12-18-36(31)51(39)47/h9-27H,1-8H3/q+2. The van der Waals surface area contributed by atoms with E-state index >= 15 is 0 Å². The molecule has 5 aliphatic heterocycles. The summed E-state index contributed by atoms with van der Waals surface area (Å²) in [6.07, 6.45) is 0. The van der Waals surface area contributed by atoms with Crippen LogP contribution in [0.2, 0.25) is 39.3 Å². The molecule has 5 aliphatic rings. The highest BCUT2D eigenvalue weighted by atomic mass is 28.3. The Kier molecular flexibility index (Phi) is 5.04. The quantitative estimate of drug-likeness (QED) is 0.127. The maximum Gasteiger partial charge on any atom is 0.319 e. The zero-order valence-corrected chi connectivity index (χ0v) is 35.7. The Bertz CT molecular complexity index is 3480. The summed E-state index contributed by atoms with van der Waals surface area (Å²) in [7, 11) is -3.62. The van der Waals surface area contributed by atoms with E-state index in [0.29, 0.717) is 0 Å². The first-order chi connectivity index (χ1) is 27.3. The number of pyridine rings is 2. The van der Waals surface area contributed by atoms with Gasteiger partial charge in [0.2, 0.25) is 0 Å². The number of rotatable bonds is 2. The van der Waals surface area contributed by atoms with Gasteiger partial charge in [0.1, 0.15) is 22.3 Å². The van der Waals surface area contributed by atoms with E-state index in [1.807, 2.05) is 0 Å². The fraction of sp³-hybridized carbons (Fsp3) is 0.200. The molecule has 5 aromatic carbocycles. The van der Waals surface area contributed by atoms with Crippen molar-refractivity contribution in [3.63, 3.8) is 0 Å². The van der Waals surface area contributed by atoms with Crippen molar-refractivity contribution in [2.24, 2.45) is 0 Å². The van der Waals surface area contributed by atoms with Crippen molar-refractivity contribution in [3.05, 3.63) is 138 Å². The van der Waals surface area contributed by atoms with E-state index in [2.05, 4.69) is 192 Å². The Hall–Kier alpha value is -5.77. The van der Waals surface area contributed by atoms with Gasteiger partial charge < -0.3 is 4.57 Å². The Morgan fingerprint density at radius 3 is 1.77 bits per heavy atom. The van der Waals surface area contributed by atoms with Crippen molar-refractivity contribution < 1.29 is 9.13 Å². The van der Waals surface area contributed by atoms with Crippen LogP contribution in [-0.4, -0.2) is 25.3 Å². The van der Waals surface area contributed by atoms with Crippen LogP contribution >= 0.6 is 0 Å². The molecule has 57 heavy (non-hydrogen) atoms. The third kappa shape index (κ3) is 3.16. The normalized spacial score (nSPS) is 18.4. The number of nitrogens with zero attached hydrogens (tertiary/aromatic N) is 5. The van der Waals surface area contributed by atoms with Crippen molar-refractivity contribution in [2.75, 3.05) is 4.90 Å². The molecule has 0 bridgehead atoms. The molecule has 0 saturated carbocycles. The lowest BCUT2D eigenvalue weighted by Gasteiger charge is -2.46. The molecule has 0 fully saturated rings. The van der Waals surface area contributed by atoms with Gasteiger partial charge in [0.25, 0.3) is 11.6 Å². The fourth-order valence-electron chi connectivity index (χ4n) is 12.0. The van der Waals surface area contributed by atoms with Gasteiger partial charge in [-0.15, -0.1) is 0 Å². The van der Waals surface area contributed by atoms with Gasteiger partial charge in [0.05, 0.1) is 32.9 Å². The second-order valence-electron chi connectivity index (χ2n) is 19.9. The maximum atomic E-state index is 2.82. The first kappa shape index (κ1) is 31.3. The van der Waals surface area contributed by atoms with Crippen LogP contribution in [0.5, 0.6) is 0 Å². The van der Waals surface area contributed by atoms with Crippen molar-refractivity contribution in [2.45, 2.75) is 64.2 Å². The van der Waals surface area contributed by atoms with Gasteiger partial charge in [0.15, 0.2) is 22.6 Å². The predicted molar refractivity (Wildman–Crippen MR) is 239 cm³/mol. The molecule has 0 N–H and O–H groups in total. The minimum atomic E-state index is -1.82. The average molecular weight is 770 g/mol. The van der Waals surface area contributed by atoms with Crippen LogP contribution in [0, 0.1) is 0 Å². The van der Waals surface area contributed by atoms with Gasteiger partial charge in [-0.25, -0.2) is 0 Å². The van der Waals surface area contributed by atoms with Gasteiger partial charge in [-0.1, -0.05) is 102 Å². The molecule has 1 unspecified atom stereocenters. The van der Waals surface area contributed by atoms with Crippen LogP contribution in [0.4, 0.5) is 17.2 Å². The van der Waals surface area contributed by atoms with E-state index in [9.17, 15) is 0 Å². The third-order valence-electron chi connectivity index (χ3n) is 14.6. The van der Waals surface area contributed by atoms with E-state index in [1.165, 1.54) is 116 Å². The van der Waals surface area contributed by atoms with E-state index in [0.717, 1.165) is 0 Å². The van der Waals surface area contributed by atoms with Gasteiger partial charge >= 0.3 is 5.66 Å². The second-order valence-corrected chi connectivity index (χ2v) is 30.1. The molecule has 0 amide bonds. The largest absolute Gasteiger partial charge is 0.319 e. The number of hydrogen-bond acceptors (Lipinski definition) is 1. The van der Waals surface area contributed by atoms with Crippen LogP contribution < -0.4 is 24.4 Å². The predicted octanol–water partition coefficient (Wildman–Crippen LogP) is 9.87. The van der Waals surface area contributed by atoms with Crippen LogP contribution in [-0.2, 0) is 11.1 Å². The minimum Gasteiger partial charge on any atom is -0.308 e. The van der Waals surface area contributed by atoms with E-state index in [-0.39, 0.29) is 5.41 Å². The summed E-state index contributed by atoms with van der Waals surface area (Å²) >= 11 is 0. The van der Waals surface area contributed by atoms with Gasteiger partial charge in [-0.05, 0) is 65.0 Å². The molecule has 0 aliphatic carbocycles. The smallest absolute Gasteiger partial charge is 0.308 e. The van der Waals surface area contributed by atoms with Gasteiger partial charge in [-0.3, -0.25) is 0 Å². The Morgan fingerprint density at radius 2 is 1.07 bits per heavy atom. The van der Waals surface area contributed by atoms with Crippen molar-refractivity contribution in [1.82, 2.24) is 9.13 Å². The topological polar surface area (TPSA) is 20.9 Å². The Balaban J connectivity index is 1.35. The van der Waals surface area contributed by atoms with E-state index < -0.39 is 21.8 Å². The zero-order valence-electron chi connectivity index (χ0n) is 33.7. The van der Waals surface area contributed by atoms with Crippen molar-refractivity contribution in [1.29, 1.82) is 0 Å². The molecule has 1 atom stereocenters. The molecule has 9 aromatic rings. The van der Waals surface area contributed by atoms with Crippen molar-refractivity contribution in [3.8, 4) is 22.9 Å². The third-order valence-corrected chi connectivity index (χ3v) is 18.6. The zero-order chi connectivity index (χ0) is 38.4. The monoisotopic (exact) mass is 769 g/mol. The molecule has 5 nitrogen and oxygen atoms in total.